The van der Waals surface area contributed by atoms with E-state index in [9.17, 15) is 23.1 Å². The maximum Gasteiger partial charge on any atom is 0.412 e. The van der Waals surface area contributed by atoms with Gasteiger partial charge in [0.2, 0.25) is 0 Å². The molecular formula is C29H35Cl2F3O2. The van der Waals surface area contributed by atoms with E-state index in [0.717, 1.165) is 23.6 Å². The van der Waals surface area contributed by atoms with Crippen LogP contribution in [0.5, 0.6) is 0 Å². The number of hydrogen-bond acceptors (Lipinski definition) is 1. The van der Waals surface area contributed by atoms with Gasteiger partial charge in [-0.2, -0.15) is 13.2 Å². The molecule has 0 saturated heterocycles. The smallest absolute Gasteiger partial charge is 0.412 e. The van der Waals surface area contributed by atoms with Crippen LogP contribution in [0, 0.1) is 18.3 Å². The van der Waals surface area contributed by atoms with Gasteiger partial charge < -0.3 is 5.11 Å². The van der Waals surface area contributed by atoms with Gasteiger partial charge in [0, 0.05) is 15.6 Å². The van der Waals surface area contributed by atoms with Crippen molar-refractivity contribution in [2.75, 3.05) is 0 Å². The molecule has 0 aliphatic heterocycles. The highest BCUT2D eigenvalue weighted by Gasteiger charge is 2.38. The molecule has 1 saturated carbocycles. The van der Waals surface area contributed by atoms with Gasteiger partial charge in [-0.05, 0) is 119 Å². The number of aliphatic carboxylic acids is 1. The summed E-state index contributed by atoms with van der Waals surface area (Å²) >= 11 is 12.6. The van der Waals surface area contributed by atoms with E-state index >= 15 is 0 Å². The summed E-state index contributed by atoms with van der Waals surface area (Å²) in [5, 5.41) is 10.5. The molecule has 1 fully saturated rings. The van der Waals surface area contributed by atoms with Crippen molar-refractivity contribution in [3.63, 3.8) is 0 Å². The Bertz CT molecular complexity index is 1070. The number of alkyl halides is 3. The molecule has 1 N–H and O–H groups in total. The van der Waals surface area contributed by atoms with Crippen LogP contribution in [0.15, 0.2) is 59.2 Å². The average Bonchev–Trinajstić information content (AvgIpc) is 2.76. The summed E-state index contributed by atoms with van der Waals surface area (Å²) in [6, 6.07) is 3.62. The second kappa shape index (κ2) is 12.0. The average molecular weight is 543 g/mol. The lowest BCUT2D eigenvalue weighted by atomic mass is 9.69. The van der Waals surface area contributed by atoms with Crippen molar-refractivity contribution in [1.29, 1.82) is 0 Å². The van der Waals surface area contributed by atoms with Gasteiger partial charge in [-0.15, -0.1) is 0 Å². The summed E-state index contributed by atoms with van der Waals surface area (Å²) in [5.74, 6) is -0.758. The molecule has 0 amide bonds. The van der Waals surface area contributed by atoms with Gasteiger partial charge in [-0.25, -0.2) is 0 Å². The molecule has 198 valence electrons. The first-order chi connectivity index (χ1) is 16.5. The van der Waals surface area contributed by atoms with Crippen LogP contribution in [0.4, 0.5) is 13.2 Å². The van der Waals surface area contributed by atoms with Gasteiger partial charge in [-0.3, -0.25) is 4.79 Å². The third-order valence-corrected chi connectivity index (χ3v) is 8.03. The Balaban J connectivity index is 2.19. The first kappa shape index (κ1) is 30.2. The van der Waals surface area contributed by atoms with Gasteiger partial charge in [0.05, 0.1) is 5.41 Å². The molecule has 0 radical (unpaired) electrons. The number of allylic oxidation sites excluding steroid dienone is 6. The van der Waals surface area contributed by atoms with Crippen LogP contribution in [0.3, 0.4) is 0 Å². The lowest BCUT2D eigenvalue weighted by Gasteiger charge is -2.35. The van der Waals surface area contributed by atoms with Gasteiger partial charge in [0.25, 0.3) is 0 Å². The van der Waals surface area contributed by atoms with Crippen molar-refractivity contribution in [2.24, 2.45) is 11.3 Å². The minimum Gasteiger partial charge on any atom is -0.481 e. The largest absolute Gasteiger partial charge is 0.481 e. The molecule has 2 nitrogen and oxygen atoms in total. The summed E-state index contributed by atoms with van der Waals surface area (Å²) < 4.78 is 41.0. The zero-order valence-corrected chi connectivity index (χ0v) is 22.9. The lowest BCUT2D eigenvalue weighted by Crippen LogP contribution is -2.32. The minimum atomic E-state index is -4.47. The first-order valence-electron chi connectivity index (χ1n) is 12.0. The number of aryl methyl sites for hydroxylation is 1. The van der Waals surface area contributed by atoms with Crippen LogP contribution in [0.1, 0.15) is 70.4 Å². The SMILES string of the molecule is C=C(CCc1c(Cl)cc(C)cc1Cl)CC(C=C(C)C(=C)C1CCC(C)(C(=O)O)CC1)=C(C)C(F)(F)F. The topological polar surface area (TPSA) is 37.3 Å². The zero-order valence-electron chi connectivity index (χ0n) is 21.4. The summed E-state index contributed by atoms with van der Waals surface area (Å²) in [7, 11) is 0. The van der Waals surface area contributed by atoms with Crippen LogP contribution in [0.2, 0.25) is 10.0 Å². The van der Waals surface area contributed by atoms with Crippen LogP contribution >= 0.6 is 23.2 Å². The summed E-state index contributed by atoms with van der Waals surface area (Å²) in [5.41, 5.74) is 2.51. The Hall–Kier alpha value is -1.98. The predicted molar refractivity (Wildman–Crippen MR) is 143 cm³/mol. The molecule has 0 aromatic heterocycles. The van der Waals surface area contributed by atoms with E-state index < -0.39 is 23.1 Å². The van der Waals surface area contributed by atoms with Gasteiger partial charge in [0.15, 0.2) is 0 Å². The van der Waals surface area contributed by atoms with Crippen molar-refractivity contribution in [2.45, 2.75) is 78.8 Å². The van der Waals surface area contributed by atoms with E-state index in [4.69, 9.17) is 23.2 Å². The van der Waals surface area contributed by atoms with E-state index in [-0.39, 0.29) is 17.9 Å². The molecule has 0 unspecified atom stereocenters. The predicted octanol–water partition coefficient (Wildman–Crippen LogP) is 9.84. The highest BCUT2D eigenvalue weighted by Crippen LogP contribution is 2.43. The van der Waals surface area contributed by atoms with Crippen molar-refractivity contribution in [3.8, 4) is 0 Å². The molecule has 1 aromatic rings. The summed E-state index contributed by atoms with van der Waals surface area (Å²) in [6.07, 6.45) is 0.423. The molecule has 0 bridgehead atoms. The monoisotopic (exact) mass is 542 g/mol. The van der Waals surface area contributed by atoms with Crippen LogP contribution in [0.25, 0.3) is 0 Å². The molecule has 2 rings (SSSR count). The molecule has 1 aliphatic rings. The quantitative estimate of drug-likeness (QED) is 0.249. The molecule has 7 heteroatoms. The molecule has 0 spiro atoms. The molecule has 1 aromatic carbocycles. The highest BCUT2D eigenvalue weighted by molar-refractivity contribution is 6.36. The number of hydrogen-bond donors (Lipinski definition) is 1. The van der Waals surface area contributed by atoms with Crippen molar-refractivity contribution < 1.29 is 23.1 Å². The van der Waals surface area contributed by atoms with Crippen LogP contribution in [-0.4, -0.2) is 17.3 Å². The number of halogens is 5. The van der Waals surface area contributed by atoms with Crippen molar-refractivity contribution >= 4 is 29.2 Å². The maximum absolute atomic E-state index is 13.7. The molecule has 36 heavy (non-hydrogen) atoms. The van der Waals surface area contributed by atoms with Crippen molar-refractivity contribution in [3.05, 3.63) is 80.4 Å². The third-order valence-electron chi connectivity index (χ3n) is 7.36. The van der Waals surface area contributed by atoms with Crippen molar-refractivity contribution in [1.82, 2.24) is 0 Å². The number of carbonyl (C=O) groups is 1. The van der Waals surface area contributed by atoms with Crippen LogP contribution in [-0.2, 0) is 11.2 Å². The van der Waals surface area contributed by atoms with E-state index in [2.05, 4.69) is 13.2 Å². The van der Waals surface area contributed by atoms with E-state index in [0.29, 0.717) is 59.7 Å². The fourth-order valence-corrected chi connectivity index (χ4v) is 5.38. The number of carboxylic acids is 1. The van der Waals surface area contributed by atoms with Crippen LogP contribution < -0.4 is 0 Å². The lowest BCUT2D eigenvalue weighted by molar-refractivity contribution is -0.150. The second-order valence-corrected chi connectivity index (χ2v) is 11.1. The fourth-order valence-electron chi connectivity index (χ4n) is 4.60. The van der Waals surface area contributed by atoms with Gasteiger partial charge in [0.1, 0.15) is 0 Å². The van der Waals surface area contributed by atoms with Gasteiger partial charge in [-0.1, -0.05) is 48.0 Å². The number of carboxylic acid groups (broad SMARTS) is 1. The Labute approximate surface area is 222 Å². The van der Waals surface area contributed by atoms with E-state index in [1.54, 1.807) is 19.9 Å². The van der Waals surface area contributed by atoms with E-state index in [1.165, 1.54) is 0 Å². The molecule has 0 heterocycles. The molecule has 1 aliphatic carbocycles. The highest BCUT2D eigenvalue weighted by atomic mass is 35.5. The molecular weight excluding hydrogens is 508 g/mol. The minimum absolute atomic E-state index is 0.0511. The number of benzene rings is 1. The standard InChI is InChI=1S/C29H35Cl2F3O2/c1-17(7-8-24-25(30)14-18(2)15-26(24)31)13-23(21(5)29(32,33)34)16-19(3)20(4)22-9-11-28(6,12-10-22)27(35)36/h14-16,22H,1,4,7-13H2,2-3,5-6H3,(H,35,36). The fraction of sp³-hybridized carbons (Fsp3) is 0.483. The second-order valence-electron chi connectivity index (χ2n) is 10.3. The zero-order chi connectivity index (χ0) is 27.4. The summed E-state index contributed by atoms with van der Waals surface area (Å²) in [6.45, 7) is 14.7. The summed E-state index contributed by atoms with van der Waals surface area (Å²) in [4.78, 5) is 11.5. The number of rotatable bonds is 9. The maximum atomic E-state index is 13.7. The Kier molecular flexibility index (Phi) is 10.1. The third kappa shape index (κ3) is 7.76. The Morgan fingerprint density at radius 1 is 1.17 bits per heavy atom. The normalized spacial score (nSPS) is 21.7. The van der Waals surface area contributed by atoms with Gasteiger partial charge >= 0.3 is 12.1 Å². The Morgan fingerprint density at radius 3 is 2.17 bits per heavy atom. The molecule has 0 atom stereocenters. The van der Waals surface area contributed by atoms with E-state index in [1.807, 2.05) is 19.1 Å². The first-order valence-corrected chi connectivity index (χ1v) is 12.8. The Morgan fingerprint density at radius 2 is 1.69 bits per heavy atom.